The molecule has 0 unspecified atom stereocenters. The molecule has 0 saturated carbocycles. The second kappa shape index (κ2) is 10.4. The molecule has 22 heavy (non-hydrogen) atoms. The molecule has 2 rings (SSSR count). The van der Waals surface area contributed by atoms with Crippen molar-refractivity contribution in [2.75, 3.05) is 14.2 Å². The summed E-state index contributed by atoms with van der Waals surface area (Å²) in [4.78, 5) is 8.00. The Labute approximate surface area is 133 Å². The smallest absolute Gasteiger partial charge is 0.122 e. The summed E-state index contributed by atoms with van der Waals surface area (Å²) in [6, 6.07) is 12.4. The fraction of sp³-hybridized carbons (Fsp3) is 0.316. The van der Waals surface area contributed by atoms with Gasteiger partial charge in [0.1, 0.15) is 18.3 Å². The van der Waals surface area contributed by atoms with Crippen molar-refractivity contribution in [3.05, 3.63) is 58.7 Å². The Balaban J connectivity index is 0.000000360. The Morgan fingerprint density at radius 1 is 0.682 bits per heavy atom. The molecule has 0 N–H and O–H groups in total. The van der Waals surface area contributed by atoms with Crippen LogP contribution in [0.2, 0.25) is 0 Å². The molecule has 0 atom stereocenters. The maximum Gasteiger partial charge on any atom is 0.122 e. The van der Waals surface area contributed by atoms with E-state index in [0.717, 1.165) is 11.5 Å². The molecule has 3 heteroatoms. The van der Waals surface area contributed by atoms with E-state index in [-0.39, 0.29) is 0 Å². The van der Waals surface area contributed by atoms with Crippen LogP contribution in [0.3, 0.4) is 0 Å². The fourth-order valence-electron chi connectivity index (χ4n) is 1.85. The summed E-state index contributed by atoms with van der Waals surface area (Å²) in [5, 5.41) is 0. The molecule has 0 bridgehead atoms. The molecule has 0 amide bonds. The van der Waals surface area contributed by atoms with E-state index < -0.39 is 0 Å². The van der Waals surface area contributed by atoms with Gasteiger partial charge in [-0.05, 0) is 62.1 Å². The van der Waals surface area contributed by atoms with E-state index in [0.29, 0.717) is 0 Å². The van der Waals surface area contributed by atoms with Crippen LogP contribution in [0.1, 0.15) is 22.3 Å². The molecule has 3 nitrogen and oxygen atoms in total. The van der Waals surface area contributed by atoms with Crippen LogP contribution in [0.5, 0.6) is 11.5 Å². The molecule has 0 heterocycles. The molecular formula is C19H26O3. The first-order valence-electron chi connectivity index (χ1n) is 6.99. The van der Waals surface area contributed by atoms with Gasteiger partial charge in [0, 0.05) is 0 Å². The van der Waals surface area contributed by atoms with E-state index in [4.69, 9.17) is 14.3 Å². The second-order valence-electron chi connectivity index (χ2n) is 4.95. The van der Waals surface area contributed by atoms with Gasteiger partial charge in [-0.2, -0.15) is 0 Å². The Hall–Kier alpha value is -2.29. The van der Waals surface area contributed by atoms with Crippen molar-refractivity contribution in [3.63, 3.8) is 0 Å². The van der Waals surface area contributed by atoms with Gasteiger partial charge >= 0.3 is 0 Å². The van der Waals surface area contributed by atoms with Crippen LogP contribution in [-0.4, -0.2) is 21.0 Å². The van der Waals surface area contributed by atoms with E-state index >= 15 is 0 Å². The van der Waals surface area contributed by atoms with Crippen molar-refractivity contribution in [1.82, 2.24) is 0 Å². The van der Waals surface area contributed by atoms with Crippen molar-refractivity contribution >= 4 is 6.79 Å². The fourth-order valence-corrected chi connectivity index (χ4v) is 1.85. The molecule has 0 fully saturated rings. The second-order valence-corrected chi connectivity index (χ2v) is 4.95. The molecular weight excluding hydrogens is 276 g/mol. The topological polar surface area (TPSA) is 35.5 Å². The molecule has 2 aromatic rings. The Kier molecular flexibility index (Phi) is 9.35. The lowest BCUT2D eigenvalue weighted by atomic mass is 10.1. The summed E-state index contributed by atoms with van der Waals surface area (Å²) in [6.07, 6.45) is 0. The molecule has 2 aromatic carbocycles. The van der Waals surface area contributed by atoms with E-state index in [1.54, 1.807) is 14.2 Å². The number of ether oxygens (including phenoxy) is 2. The van der Waals surface area contributed by atoms with E-state index in [1.807, 2.05) is 32.8 Å². The highest BCUT2D eigenvalue weighted by atomic mass is 16.5. The lowest BCUT2D eigenvalue weighted by molar-refractivity contribution is -0.0979. The van der Waals surface area contributed by atoms with Gasteiger partial charge in [0.05, 0.1) is 14.2 Å². The van der Waals surface area contributed by atoms with Crippen molar-refractivity contribution in [3.8, 4) is 11.5 Å². The molecule has 0 aliphatic carbocycles. The zero-order valence-corrected chi connectivity index (χ0v) is 14.4. The first-order chi connectivity index (χ1) is 10.5. The van der Waals surface area contributed by atoms with Gasteiger partial charge in [0.2, 0.25) is 0 Å². The standard InChI is InChI=1S/2C9H12O.CH2O/c2*1-7-4-5-8(2)9(6-7)10-3;1-2/h2*4-6H,1-3H3;1H2. The third kappa shape index (κ3) is 6.44. The van der Waals surface area contributed by atoms with Crippen LogP contribution >= 0.6 is 0 Å². The van der Waals surface area contributed by atoms with Gasteiger partial charge in [0.15, 0.2) is 0 Å². The molecule has 0 spiro atoms. The van der Waals surface area contributed by atoms with Gasteiger partial charge in [0.25, 0.3) is 0 Å². The number of carbonyl (C=O) groups excluding carboxylic acids is 1. The number of hydrogen-bond donors (Lipinski definition) is 0. The number of rotatable bonds is 2. The van der Waals surface area contributed by atoms with Crippen molar-refractivity contribution in [2.45, 2.75) is 27.7 Å². The van der Waals surface area contributed by atoms with Crippen LogP contribution in [0.25, 0.3) is 0 Å². The Bertz CT molecular complexity index is 525. The molecule has 0 aromatic heterocycles. The maximum absolute atomic E-state index is 8.00. The average Bonchev–Trinajstić information content (AvgIpc) is 2.54. The molecule has 0 aliphatic rings. The quantitative estimate of drug-likeness (QED) is 0.822. The number of aryl methyl sites for hydroxylation is 4. The van der Waals surface area contributed by atoms with Crippen molar-refractivity contribution < 1.29 is 14.3 Å². The highest BCUT2D eigenvalue weighted by Gasteiger charge is 1.95. The lowest BCUT2D eigenvalue weighted by Gasteiger charge is -2.03. The van der Waals surface area contributed by atoms with Crippen molar-refractivity contribution in [1.29, 1.82) is 0 Å². The Morgan fingerprint density at radius 2 is 1.00 bits per heavy atom. The summed E-state index contributed by atoms with van der Waals surface area (Å²) >= 11 is 0. The van der Waals surface area contributed by atoms with Gasteiger partial charge in [-0.3, -0.25) is 0 Å². The predicted molar refractivity (Wildman–Crippen MR) is 92.1 cm³/mol. The summed E-state index contributed by atoms with van der Waals surface area (Å²) < 4.78 is 10.3. The molecule has 0 aliphatic heterocycles. The van der Waals surface area contributed by atoms with Gasteiger partial charge < -0.3 is 14.3 Å². The van der Waals surface area contributed by atoms with Crippen LogP contribution in [0, 0.1) is 27.7 Å². The zero-order valence-electron chi connectivity index (χ0n) is 14.4. The van der Waals surface area contributed by atoms with E-state index in [9.17, 15) is 0 Å². The number of hydrogen-bond acceptors (Lipinski definition) is 3. The van der Waals surface area contributed by atoms with Crippen LogP contribution in [0.15, 0.2) is 36.4 Å². The van der Waals surface area contributed by atoms with Gasteiger partial charge in [-0.25, -0.2) is 0 Å². The monoisotopic (exact) mass is 302 g/mol. The molecule has 0 radical (unpaired) electrons. The average molecular weight is 302 g/mol. The normalized spacial score (nSPS) is 8.82. The summed E-state index contributed by atoms with van der Waals surface area (Å²) in [5.74, 6) is 1.94. The molecule has 0 saturated heterocycles. The zero-order chi connectivity index (χ0) is 17.1. The summed E-state index contributed by atoms with van der Waals surface area (Å²) in [7, 11) is 3.39. The maximum atomic E-state index is 8.00. The highest BCUT2D eigenvalue weighted by Crippen LogP contribution is 2.18. The minimum Gasteiger partial charge on any atom is -0.496 e. The van der Waals surface area contributed by atoms with E-state index in [2.05, 4.69) is 38.1 Å². The van der Waals surface area contributed by atoms with Crippen LogP contribution in [-0.2, 0) is 4.79 Å². The number of methoxy groups -OCH3 is 2. The third-order valence-electron chi connectivity index (χ3n) is 3.13. The van der Waals surface area contributed by atoms with Crippen LogP contribution in [0.4, 0.5) is 0 Å². The van der Waals surface area contributed by atoms with E-state index in [1.165, 1.54) is 22.3 Å². The minimum atomic E-state index is 0.972. The predicted octanol–water partition coefficient (Wildman–Crippen LogP) is 4.44. The number of benzene rings is 2. The first-order valence-corrected chi connectivity index (χ1v) is 6.99. The molecule has 120 valence electrons. The lowest BCUT2D eigenvalue weighted by Crippen LogP contribution is -1.86. The highest BCUT2D eigenvalue weighted by molar-refractivity contribution is 5.36. The van der Waals surface area contributed by atoms with Gasteiger partial charge in [-0.15, -0.1) is 0 Å². The van der Waals surface area contributed by atoms with Crippen LogP contribution < -0.4 is 9.47 Å². The summed E-state index contributed by atoms with van der Waals surface area (Å²) in [5.41, 5.74) is 4.85. The van der Waals surface area contributed by atoms with Gasteiger partial charge in [-0.1, -0.05) is 24.3 Å². The van der Waals surface area contributed by atoms with Crippen molar-refractivity contribution in [2.24, 2.45) is 0 Å². The summed E-state index contributed by atoms with van der Waals surface area (Å²) in [6.45, 7) is 10.2. The number of carbonyl (C=O) groups is 1. The largest absolute Gasteiger partial charge is 0.496 e. The minimum absolute atomic E-state index is 0.972. The SMILES string of the molecule is C=O.COc1cc(C)ccc1C.COc1cc(C)ccc1C. The first kappa shape index (κ1) is 19.7. The Morgan fingerprint density at radius 3 is 1.23 bits per heavy atom. The third-order valence-corrected chi connectivity index (χ3v) is 3.13.